The number of ether oxygens (including phenoxy) is 3. The van der Waals surface area contributed by atoms with Gasteiger partial charge in [-0.3, -0.25) is 14.4 Å². The molecule has 0 aromatic carbocycles. The maximum atomic E-state index is 13.2. The van der Waals surface area contributed by atoms with Crippen molar-refractivity contribution in [2.24, 2.45) is 11.3 Å². The van der Waals surface area contributed by atoms with Crippen molar-refractivity contribution in [1.29, 1.82) is 0 Å². The summed E-state index contributed by atoms with van der Waals surface area (Å²) in [5.74, 6) is 0.339. The molecule has 1 atom stereocenters. The van der Waals surface area contributed by atoms with Crippen molar-refractivity contribution in [1.82, 2.24) is 4.90 Å². The van der Waals surface area contributed by atoms with Crippen LogP contribution in [0.4, 0.5) is 0 Å². The summed E-state index contributed by atoms with van der Waals surface area (Å²) >= 11 is 0. The Labute approximate surface area is 329 Å². The summed E-state index contributed by atoms with van der Waals surface area (Å²) in [5, 5.41) is 0. The van der Waals surface area contributed by atoms with Crippen molar-refractivity contribution >= 4 is 17.9 Å². The Morgan fingerprint density at radius 1 is 0.528 bits per heavy atom. The van der Waals surface area contributed by atoms with Crippen molar-refractivity contribution in [3.8, 4) is 0 Å². The van der Waals surface area contributed by atoms with Crippen LogP contribution in [0.15, 0.2) is 0 Å². The minimum atomic E-state index is -0.0954. The van der Waals surface area contributed by atoms with Crippen molar-refractivity contribution in [3.63, 3.8) is 0 Å². The van der Waals surface area contributed by atoms with E-state index in [4.69, 9.17) is 14.2 Å². The minimum absolute atomic E-state index is 0.0410. The van der Waals surface area contributed by atoms with Gasteiger partial charge in [0.15, 0.2) is 0 Å². The lowest BCUT2D eigenvalue weighted by molar-refractivity contribution is -0.152. The fourth-order valence-electron chi connectivity index (χ4n) is 7.56. The molecule has 0 amide bonds. The number of esters is 3. The number of nitrogens with zero attached hydrogens (tertiary/aromatic N) is 1. The van der Waals surface area contributed by atoms with Crippen LogP contribution in [0, 0.1) is 11.3 Å². The zero-order valence-electron chi connectivity index (χ0n) is 36.4. The maximum absolute atomic E-state index is 13.2. The molecule has 0 aromatic rings. The minimum Gasteiger partial charge on any atom is -0.466 e. The standard InChI is InChI=1S/C46H89NO6/c1-8-10-12-14-16-24-30-36-51-43(48)34-28-22-18-20-26-32-42(53-45(50)39-46(4,5)38-41(3)40-47(6)7)33-27-21-19-23-29-35-44(49)52-37-31-25-17-15-13-11-9-2/h41-42H,8-40H2,1-7H3. The van der Waals surface area contributed by atoms with Crippen LogP contribution in [0.1, 0.15) is 227 Å². The zero-order valence-corrected chi connectivity index (χ0v) is 36.4. The third-order valence-electron chi connectivity index (χ3n) is 10.3. The number of carbonyl (C=O) groups is 3. The number of hydrogen-bond donors (Lipinski definition) is 0. The summed E-state index contributed by atoms with van der Waals surface area (Å²) in [6.07, 6.45) is 31.6. The van der Waals surface area contributed by atoms with Crippen molar-refractivity contribution in [2.45, 2.75) is 233 Å². The fourth-order valence-corrected chi connectivity index (χ4v) is 7.56. The average molecular weight is 752 g/mol. The van der Waals surface area contributed by atoms with Crippen LogP contribution in [-0.2, 0) is 28.6 Å². The van der Waals surface area contributed by atoms with Gasteiger partial charge in [0, 0.05) is 19.4 Å². The fraction of sp³-hybridized carbons (Fsp3) is 0.935. The first-order valence-corrected chi connectivity index (χ1v) is 22.6. The second kappa shape index (κ2) is 36.0. The second-order valence-electron chi connectivity index (χ2n) is 17.3. The van der Waals surface area contributed by atoms with E-state index >= 15 is 0 Å². The summed E-state index contributed by atoms with van der Waals surface area (Å²) in [4.78, 5) is 39.6. The lowest BCUT2D eigenvalue weighted by Crippen LogP contribution is -2.28. The Hall–Kier alpha value is -1.63. The summed E-state index contributed by atoms with van der Waals surface area (Å²) < 4.78 is 17.0. The van der Waals surface area contributed by atoms with Gasteiger partial charge in [-0.25, -0.2) is 0 Å². The van der Waals surface area contributed by atoms with Crippen LogP contribution in [-0.4, -0.2) is 62.8 Å². The molecule has 0 N–H and O–H groups in total. The Balaban J connectivity index is 4.41. The number of rotatable bonds is 39. The maximum Gasteiger partial charge on any atom is 0.306 e. The predicted octanol–water partition coefficient (Wildman–Crippen LogP) is 13.0. The van der Waals surface area contributed by atoms with Crippen LogP contribution in [0.25, 0.3) is 0 Å². The Morgan fingerprint density at radius 2 is 0.906 bits per heavy atom. The number of carbonyl (C=O) groups excluding carboxylic acids is 3. The monoisotopic (exact) mass is 752 g/mol. The molecule has 7 heteroatoms. The van der Waals surface area contributed by atoms with Crippen LogP contribution >= 0.6 is 0 Å². The third-order valence-corrected chi connectivity index (χ3v) is 10.3. The first kappa shape index (κ1) is 51.4. The molecule has 0 saturated carbocycles. The SMILES string of the molecule is CCCCCCCCCOC(=O)CCCCCCCC(CCCCCCCC(=O)OCCCCCCCCC)OC(=O)CC(C)(C)CC(C)CN(C)C. The van der Waals surface area contributed by atoms with E-state index < -0.39 is 0 Å². The normalized spacial score (nSPS) is 12.4. The highest BCUT2D eigenvalue weighted by Gasteiger charge is 2.27. The highest BCUT2D eigenvalue weighted by Crippen LogP contribution is 2.31. The van der Waals surface area contributed by atoms with Gasteiger partial charge in [-0.1, -0.05) is 150 Å². The van der Waals surface area contributed by atoms with Gasteiger partial charge in [0.25, 0.3) is 0 Å². The molecule has 0 spiro atoms. The Bertz CT molecular complexity index is 813. The highest BCUT2D eigenvalue weighted by molar-refractivity contribution is 5.70. The van der Waals surface area contributed by atoms with E-state index in [1.165, 1.54) is 64.2 Å². The second-order valence-corrected chi connectivity index (χ2v) is 17.3. The Morgan fingerprint density at radius 3 is 1.32 bits per heavy atom. The molecule has 0 aliphatic carbocycles. The molecule has 0 radical (unpaired) electrons. The molecule has 0 rings (SSSR count). The van der Waals surface area contributed by atoms with Crippen LogP contribution in [0.5, 0.6) is 0 Å². The predicted molar refractivity (Wildman–Crippen MR) is 223 cm³/mol. The molecule has 1 unspecified atom stereocenters. The van der Waals surface area contributed by atoms with Crippen molar-refractivity contribution < 1.29 is 28.6 Å². The quantitative estimate of drug-likeness (QED) is 0.0351. The van der Waals surface area contributed by atoms with Gasteiger partial charge in [-0.2, -0.15) is 0 Å². The van der Waals surface area contributed by atoms with Crippen LogP contribution in [0.3, 0.4) is 0 Å². The van der Waals surface area contributed by atoms with E-state index in [0.717, 1.165) is 116 Å². The van der Waals surface area contributed by atoms with Gasteiger partial charge in [-0.05, 0) is 83.2 Å². The molecule has 0 saturated heterocycles. The largest absolute Gasteiger partial charge is 0.466 e. The molecule has 0 bridgehead atoms. The van der Waals surface area contributed by atoms with Gasteiger partial charge in [0.05, 0.1) is 19.6 Å². The van der Waals surface area contributed by atoms with Crippen LogP contribution in [0.2, 0.25) is 0 Å². The first-order valence-electron chi connectivity index (χ1n) is 22.6. The van der Waals surface area contributed by atoms with Gasteiger partial charge in [0.1, 0.15) is 6.10 Å². The average Bonchev–Trinajstić information content (AvgIpc) is 3.08. The van der Waals surface area contributed by atoms with E-state index in [0.29, 0.717) is 38.4 Å². The highest BCUT2D eigenvalue weighted by atomic mass is 16.5. The van der Waals surface area contributed by atoms with E-state index in [9.17, 15) is 14.4 Å². The van der Waals surface area contributed by atoms with E-state index in [1.54, 1.807) is 0 Å². The summed E-state index contributed by atoms with van der Waals surface area (Å²) in [6.45, 7) is 13.2. The molecule has 0 aliphatic rings. The molecule has 314 valence electrons. The van der Waals surface area contributed by atoms with Crippen LogP contribution < -0.4 is 0 Å². The van der Waals surface area contributed by atoms with Gasteiger partial charge < -0.3 is 19.1 Å². The van der Waals surface area contributed by atoms with Gasteiger partial charge in [0.2, 0.25) is 0 Å². The third kappa shape index (κ3) is 37.1. The number of hydrogen-bond acceptors (Lipinski definition) is 7. The molecule has 7 nitrogen and oxygen atoms in total. The lowest BCUT2D eigenvalue weighted by atomic mass is 9.80. The van der Waals surface area contributed by atoms with E-state index in [-0.39, 0.29) is 29.4 Å². The summed E-state index contributed by atoms with van der Waals surface area (Å²) in [7, 11) is 4.20. The van der Waals surface area contributed by atoms with Crippen molar-refractivity contribution in [3.05, 3.63) is 0 Å². The Kier molecular flexibility index (Phi) is 34.9. The molecular formula is C46H89NO6. The molecular weight excluding hydrogens is 663 g/mol. The molecule has 53 heavy (non-hydrogen) atoms. The first-order chi connectivity index (χ1) is 25.5. The van der Waals surface area contributed by atoms with Crippen molar-refractivity contribution in [2.75, 3.05) is 33.9 Å². The van der Waals surface area contributed by atoms with Gasteiger partial charge in [-0.15, -0.1) is 0 Å². The van der Waals surface area contributed by atoms with Gasteiger partial charge >= 0.3 is 17.9 Å². The molecule has 0 aliphatic heterocycles. The van der Waals surface area contributed by atoms with E-state index in [1.807, 2.05) is 0 Å². The topological polar surface area (TPSA) is 82.1 Å². The van der Waals surface area contributed by atoms with E-state index in [2.05, 4.69) is 53.6 Å². The lowest BCUT2D eigenvalue weighted by Gasteiger charge is -2.29. The molecule has 0 heterocycles. The summed E-state index contributed by atoms with van der Waals surface area (Å²) in [5.41, 5.74) is -0.0954. The summed E-state index contributed by atoms with van der Waals surface area (Å²) in [6, 6.07) is 0. The number of unbranched alkanes of at least 4 members (excludes halogenated alkanes) is 20. The smallest absolute Gasteiger partial charge is 0.306 e. The molecule has 0 fully saturated rings. The zero-order chi connectivity index (χ0) is 39.4. The molecule has 0 aromatic heterocycles.